The van der Waals surface area contributed by atoms with Crippen molar-refractivity contribution in [1.82, 2.24) is 8.75 Å². The number of nitrogens with zero attached hydrogens (tertiary/aromatic N) is 2. The molecule has 0 atom stereocenters. The summed E-state index contributed by atoms with van der Waals surface area (Å²) in [5.74, 6) is -3.95. The van der Waals surface area contributed by atoms with Crippen molar-refractivity contribution in [3.63, 3.8) is 0 Å². The monoisotopic (exact) mass is 321 g/mol. The van der Waals surface area contributed by atoms with Crippen molar-refractivity contribution in [1.29, 1.82) is 0 Å². The molecule has 1 heterocycles. The van der Waals surface area contributed by atoms with Gasteiger partial charge in [0.1, 0.15) is 5.69 Å². The number of hydrogen-bond acceptors (Lipinski definition) is 4. The van der Waals surface area contributed by atoms with E-state index in [0.29, 0.717) is 5.69 Å². The molecule has 1 aromatic heterocycles. The van der Waals surface area contributed by atoms with Crippen LogP contribution in [0.1, 0.15) is 5.56 Å². The molecular formula is C15H10F3N3S. The van der Waals surface area contributed by atoms with Crippen LogP contribution < -0.4 is 5.32 Å². The van der Waals surface area contributed by atoms with Gasteiger partial charge < -0.3 is 5.32 Å². The predicted octanol–water partition coefficient (Wildman–Crippen LogP) is 4.67. The lowest BCUT2D eigenvalue weighted by Crippen LogP contribution is -2.00. The Morgan fingerprint density at radius 3 is 2.45 bits per heavy atom. The molecule has 3 aromatic rings. The summed E-state index contributed by atoms with van der Waals surface area (Å²) >= 11 is 1.11. The zero-order valence-electron chi connectivity index (χ0n) is 11.4. The molecule has 0 fully saturated rings. The Hall–Kier alpha value is -2.41. The SMILES string of the molecule is Cc1cc(-c2cnsn2)ccc1Nc1ccc(F)c(F)c1F. The van der Waals surface area contributed by atoms with E-state index in [4.69, 9.17) is 0 Å². The molecule has 0 saturated heterocycles. The van der Waals surface area contributed by atoms with Crippen molar-refractivity contribution in [2.45, 2.75) is 6.92 Å². The van der Waals surface area contributed by atoms with Gasteiger partial charge >= 0.3 is 0 Å². The molecule has 2 aromatic carbocycles. The van der Waals surface area contributed by atoms with Crippen LogP contribution in [0.15, 0.2) is 36.5 Å². The lowest BCUT2D eigenvalue weighted by molar-refractivity contribution is 0.449. The summed E-state index contributed by atoms with van der Waals surface area (Å²) in [7, 11) is 0. The molecule has 0 aliphatic heterocycles. The van der Waals surface area contributed by atoms with E-state index in [1.54, 1.807) is 18.3 Å². The highest BCUT2D eigenvalue weighted by Crippen LogP contribution is 2.28. The van der Waals surface area contributed by atoms with Gasteiger partial charge in [0.15, 0.2) is 17.5 Å². The maximum atomic E-state index is 13.7. The summed E-state index contributed by atoms with van der Waals surface area (Å²) in [5, 5.41) is 2.77. The lowest BCUT2D eigenvalue weighted by atomic mass is 10.1. The van der Waals surface area contributed by atoms with Crippen LogP contribution in [0.3, 0.4) is 0 Å². The fourth-order valence-corrected chi connectivity index (χ4v) is 2.46. The topological polar surface area (TPSA) is 37.8 Å². The van der Waals surface area contributed by atoms with Crippen LogP contribution >= 0.6 is 11.7 Å². The minimum absolute atomic E-state index is 0.120. The molecule has 112 valence electrons. The fourth-order valence-electron chi connectivity index (χ4n) is 2.02. The molecule has 1 N–H and O–H groups in total. The standard InChI is InChI=1S/C15H10F3N3S/c1-8-6-9(13-7-19-22-21-13)2-4-11(8)20-12-5-3-10(16)14(17)15(12)18/h2-7,20H,1H3. The van der Waals surface area contributed by atoms with Crippen LogP contribution in [0, 0.1) is 24.4 Å². The quantitative estimate of drug-likeness (QED) is 0.712. The van der Waals surface area contributed by atoms with E-state index >= 15 is 0 Å². The maximum Gasteiger partial charge on any atom is 0.196 e. The summed E-state index contributed by atoms with van der Waals surface area (Å²) in [6.07, 6.45) is 1.65. The number of rotatable bonds is 3. The lowest BCUT2D eigenvalue weighted by Gasteiger charge is -2.12. The molecule has 0 amide bonds. The molecule has 0 aliphatic rings. The Kier molecular flexibility index (Phi) is 3.81. The first-order chi connectivity index (χ1) is 10.6. The summed E-state index contributed by atoms with van der Waals surface area (Å²) in [6.45, 7) is 1.82. The van der Waals surface area contributed by atoms with E-state index in [2.05, 4.69) is 14.1 Å². The van der Waals surface area contributed by atoms with E-state index in [0.717, 1.165) is 40.7 Å². The summed E-state index contributed by atoms with van der Waals surface area (Å²) in [4.78, 5) is 0. The molecule has 22 heavy (non-hydrogen) atoms. The second-order valence-corrected chi connectivity index (χ2v) is 5.23. The summed E-state index contributed by atoms with van der Waals surface area (Å²) in [6, 6.07) is 7.42. The number of benzene rings is 2. The van der Waals surface area contributed by atoms with Gasteiger partial charge in [-0.05, 0) is 36.8 Å². The first kappa shape index (κ1) is 14.5. The summed E-state index contributed by atoms with van der Waals surface area (Å²) in [5.41, 5.74) is 2.91. The van der Waals surface area contributed by atoms with Crippen molar-refractivity contribution < 1.29 is 13.2 Å². The van der Waals surface area contributed by atoms with E-state index < -0.39 is 17.5 Å². The Balaban J connectivity index is 1.92. The minimum Gasteiger partial charge on any atom is -0.353 e. The molecule has 3 rings (SSSR count). The molecule has 0 radical (unpaired) electrons. The van der Waals surface area contributed by atoms with Gasteiger partial charge in [0, 0.05) is 11.3 Å². The van der Waals surface area contributed by atoms with Gasteiger partial charge in [0.05, 0.1) is 23.6 Å². The average Bonchev–Trinajstić information content (AvgIpc) is 3.04. The maximum absolute atomic E-state index is 13.7. The van der Waals surface area contributed by atoms with Gasteiger partial charge in [-0.3, -0.25) is 0 Å². The third-order valence-electron chi connectivity index (χ3n) is 3.19. The van der Waals surface area contributed by atoms with Gasteiger partial charge in [-0.2, -0.15) is 8.75 Å². The van der Waals surface area contributed by atoms with Crippen molar-refractivity contribution in [3.8, 4) is 11.3 Å². The molecule has 7 heteroatoms. The Morgan fingerprint density at radius 1 is 1.00 bits per heavy atom. The highest BCUT2D eigenvalue weighted by atomic mass is 32.1. The summed E-state index contributed by atoms with van der Waals surface area (Å²) < 4.78 is 47.9. The second kappa shape index (κ2) is 5.76. The number of nitrogens with one attached hydrogen (secondary N) is 1. The number of aromatic nitrogens is 2. The van der Waals surface area contributed by atoms with Gasteiger partial charge in [-0.1, -0.05) is 6.07 Å². The third kappa shape index (κ3) is 2.67. The molecule has 0 saturated carbocycles. The Labute approximate surface area is 128 Å². The normalized spacial score (nSPS) is 10.7. The van der Waals surface area contributed by atoms with E-state index in [1.165, 1.54) is 0 Å². The smallest absolute Gasteiger partial charge is 0.196 e. The van der Waals surface area contributed by atoms with E-state index in [9.17, 15) is 13.2 Å². The van der Waals surface area contributed by atoms with Gasteiger partial charge in [0.25, 0.3) is 0 Å². The van der Waals surface area contributed by atoms with Crippen LogP contribution in [0.5, 0.6) is 0 Å². The van der Waals surface area contributed by atoms with Crippen LogP contribution in [0.25, 0.3) is 11.3 Å². The fraction of sp³-hybridized carbons (Fsp3) is 0.0667. The molecule has 0 unspecified atom stereocenters. The minimum atomic E-state index is -1.49. The van der Waals surface area contributed by atoms with Crippen molar-refractivity contribution >= 4 is 23.1 Å². The molecule has 0 bridgehead atoms. The van der Waals surface area contributed by atoms with Crippen LogP contribution in [-0.4, -0.2) is 8.75 Å². The zero-order chi connectivity index (χ0) is 15.7. The Bertz CT molecular complexity index is 819. The molecule has 0 spiro atoms. The van der Waals surface area contributed by atoms with Crippen molar-refractivity contribution in [2.75, 3.05) is 5.32 Å². The number of anilines is 2. The van der Waals surface area contributed by atoms with Gasteiger partial charge in [-0.25, -0.2) is 13.2 Å². The first-order valence-electron chi connectivity index (χ1n) is 6.35. The van der Waals surface area contributed by atoms with Crippen LogP contribution in [-0.2, 0) is 0 Å². The van der Waals surface area contributed by atoms with Crippen LogP contribution in [0.2, 0.25) is 0 Å². The molecule has 0 aliphatic carbocycles. The van der Waals surface area contributed by atoms with Crippen LogP contribution in [0.4, 0.5) is 24.5 Å². The number of aryl methyl sites for hydroxylation is 1. The molecule has 3 nitrogen and oxygen atoms in total. The highest BCUT2D eigenvalue weighted by Gasteiger charge is 2.14. The second-order valence-electron chi connectivity index (χ2n) is 4.67. The largest absolute Gasteiger partial charge is 0.353 e. The predicted molar refractivity (Wildman–Crippen MR) is 79.7 cm³/mol. The third-order valence-corrected chi connectivity index (χ3v) is 3.67. The zero-order valence-corrected chi connectivity index (χ0v) is 12.2. The van der Waals surface area contributed by atoms with Gasteiger partial charge in [-0.15, -0.1) is 0 Å². The van der Waals surface area contributed by atoms with Crippen molar-refractivity contribution in [3.05, 3.63) is 59.5 Å². The molecular weight excluding hydrogens is 311 g/mol. The Morgan fingerprint density at radius 2 is 1.77 bits per heavy atom. The van der Waals surface area contributed by atoms with E-state index in [1.807, 2.05) is 13.0 Å². The first-order valence-corrected chi connectivity index (χ1v) is 7.08. The van der Waals surface area contributed by atoms with Crippen molar-refractivity contribution in [2.24, 2.45) is 0 Å². The average molecular weight is 321 g/mol. The van der Waals surface area contributed by atoms with Gasteiger partial charge in [0.2, 0.25) is 0 Å². The number of halogens is 3. The van der Waals surface area contributed by atoms with E-state index in [-0.39, 0.29) is 5.69 Å². The number of hydrogen-bond donors (Lipinski definition) is 1. The highest BCUT2D eigenvalue weighted by molar-refractivity contribution is 6.99.